The monoisotopic (exact) mass is 378 g/mol. The number of carbonyl (C=O) groups is 1. The number of anilines is 2. The zero-order valence-corrected chi connectivity index (χ0v) is 15.8. The minimum Gasteiger partial charge on any atom is -0.376 e. The lowest BCUT2D eigenvalue weighted by molar-refractivity contribution is -0.116. The van der Waals surface area contributed by atoms with Gasteiger partial charge in [0.05, 0.1) is 12.1 Å². The Morgan fingerprint density at radius 1 is 1.21 bits per heavy atom. The Labute approximate surface area is 163 Å². The highest BCUT2D eigenvalue weighted by Gasteiger charge is 2.18. The average Bonchev–Trinajstić information content (AvgIpc) is 2.88. The fraction of sp³-hybridized carbons (Fsp3) is 0.273. The number of fused-ring (bicyclic) bond motifs is 2. The first kappa shape index (κ1) is 18.2. The highest BCUT2D eigenvalue weighted by Crippen LogP contribution is 2.30. The molecular formula is C22H23FN4O. The molecule has 4 rings (SSSR count). The molecule has 1 amide bonds. The van der Waals surface area contributed by atoms with Crippen LogP contribution in [0.1, 0.15) is 23.1 Å². The van der Waals surface area contributed by atoms with Crippen LogP contribution in [0, 0.1) is 12.7 Å². The molecular weight excluding hydrogens is 355 g/mol. The van der Waals surface area contributed by atoms with Crippen molar-refractivity contribution in [2.45, 2.75) is 26.3 Å². The molecule has 0 unspecified atom stereocenters. The van der Waals surface area contributed by atoms with Crippen molar-refractivity contribution in [3.8, 4) is 0 Å². The van der Waals surface area contributed by atoms with Crippen LogP contribution >= 0.6 is 0 Å². The molecule has 0 aliphatic carbocycles. The molecule has 0 saturated heterocycles. The van der Waals surface area contributed by atoms with Crippen molar-refractivity contribution in [3.63, 3.8) is 0 Å². The van der Waals surface area contributed by atoms with E-state index in [1.807, 2.05) is 37.3 Å². The first-order valence-corrected chi connectivity index (χ1v) is 9.45. The molecule has 0 fully saturated rings. The van der Waals surface area contributed by atoms with Gasteiger partial charge >= 0.3 is 0 Å². The van der Waals surface area contributed by atoms with Crippen molar-refractivity contribution in [1.82, 2.24) is 4.98 Å². The number of rotatable bonds is 4. The van der Waals surface area contributed by atoms with Crippen LogP contribution in [0.2, 0.25) is 0 Å². The van der Waals surface area contributed by atoms with Gasteiger partial charge < -0.3 is 16.0 Å². The minimum atomic E-state index is -0.418. The van der Waals surface area contributed by atoms with Crippen LogP contribution in [-0.4, -0.2) is 24.0 Å². The summed E-state index contributed by atoms with van der Waals surface area (Å²) >= 11 is 0. The number of amides is 1. The summed E-state index contributed by atoms with van der Waals surface area (Å²) in [5, 5.41) is 4.09. The molecule has 0 radical (unpaired) electrons. The third-order valence-corrected chi connectivity index (χ3v) is 5.13. The molecule has 5 nitrogen and oxygen atoms in total. The summed E-state index contributed by atoms with van der Waals surface area (Å²) in [4.78, 5) is 18.3. The molecule has 0 atom stereocenters. The van der Waals surface area contributed by atoms with Gasteiger partial charge in [-0.2, -0.15) is 0 Å². The van der Waals surface area contributed by atoms with Crippen LogP contribution in [0.3, 0.4) is 0 Å². The number of carbonyl (C=O) groups excluding carboxylic acids is 1. The van der Waals surface area contributed by atoms with Crippen molar-refractivity contribution >= 4 is 28.3 Å². The van der Waals surface area contributed by atoms with Crippen LogP contribution in [0.5, 0.6) is 0 Å². The van der Waals surface area contributed by atoms with E-state index < -0.39 is 5.91 Å². The third-order valence-electron chi connectivity index (χ3n) is 5.13. The van der Waals surface area contributed by atoms with Crippen molar-refractivity contribution in [2.24, 2.45) is 5.73 Å². The molecule has 0 saturated carbocycles. The Morgan fingerprint density at radius 2 is 2.07 bits per heavy atom. The standard InChI is InChI=1S/C22H23FN4O/c1-14-4-7-19-18(9-14)20(25-12-21(24)28)11-22(26-19)27-8-2-3-15-5-6-17(23)10-16(15)13-27/h4-7,9-11H,2-3,8,12-13H2,1H3,(H2,24,28)(H,25,26). The number of hydrogen-bond donors (Lipinski definition) is 2. The van der Waals surface area contributed by atoms with E-state index >= 15 is 0 Å². The van der Waals surface area contributed by atoms with Crippen molar-refractivity contribution in [3.05, 3.63) is 65.0 Å². The number of aryl methyl sites for hydroxylation is 2. The lowest BCUT2D eigenvalue weighted by Crippen LogP contribution is -2.25. The molecule has 2 aromatic carbocycles. The quantitative estimate of drug-likeness (QED) is 0.729. The fourth-order valence-corrected chi connectivity index (χ4v) is 3.74. The Kier molecular flexibility index (Phi) is 4.86. The summed E-state index contributed by atoms with van der Waals surface area (Å²) in [6, 6.07) is 13.0. The molecule has 3 aromatic rings. The number of nitrogens with one attached hydrogen (secondary N) is 1. The summed E-state index contributed by atoms with van der Waals surface area (Å²) in [5.74, 6) is 0.171. The summed E-state index contributed by atoms with van der Waals surface area (Å²) in [6.45, 7) is 3.51. The molecule has 0 spiro atoms. The predicted molar refractivity (Wildman–Crippen MR) is 110 cm³/mol. The zero-order chi connectivity index (χ0) is 19.7. The Hall–Kier alpha value is -3.15. The maximum absolute atomic E-state index is 13.8. The van der Waals surface area contributed by atoms with Gasteiger partial charge in [-0.15, -0.1) is 0 Å². The van der Waals surface area contributed by atoms with Crippen LogP contribution in [-0.2, 0) is 17.8 Å². The average molecular weight is 378 g/mol. The Morgan fingerprint density at radius 3 is 2.89 bits per heavy atom. The molecule has 28 heavy (non-hydrogen) atoms. The molecule has 1 aliphatic rings. The van der Waals surface area contributed by atoms with Gasteiger partial charge in [0.2, 0.25) is 5.91 Å². The number of aromatic nitrogens is 1. The maximum atomic E-state index is 13.8. The minimum absolute atomic E-state index is 0.0561. The number of hydrogen-bond acceptors (Lipinski definition) is 4. The van der Waals surface area contributed by atoms with E-state index in [4.69, 9.17) is 10.7 Å². The summed E-state index contributed by atoms with van der Waals surface area (Å²) in [7, 11) is 0. The van der Waals surface area contributed by atoms with E-state index in [-0.39, 0.29) is 12.4 Å². The summed E-state index contributed by atoms with van der Waals surface area (Å²) < 4.78 is 13.8. The van der Waals surface area contributed by atoms with Gasteiger partial charge in [0, 0.05) is 30.2 Å². The molecule has 1 aliphatic heterocycles. The van der Waals surface area contributed by atoms with Gasteiger partial charge in [0.1, 0.15) is 11.6 Å². The maximum Gasteiger partial charge on any atom is 0.236 e. The molecule has 144 valence electrons. The van der Waals surface area contributed by atoms with E-state index in [2.05, 4.69) is 10.2 Å². The topological polar surface area (TPSA) is 71.2 Å². The van der Waals surface area contributed by atoms with Crippen LogP contribution < -0.4 is 16.0 Å². The smallest absolute Gasteiger partial charge is 0.236 e. The number of nitrogens with zero attached hydrogens (tertiary/aromatic N) is 2. The molecule has 3 N–H and O–H groups in total. The Bertz CT molecular complexity index is 1050. The van der Waals surface area contributed by atoms with Crippen molar-refractivity contribution in [2.75, 3.05) is 23.3 Å². The second kappa shape index (κ2) is 7.46. The van der Waals surface area contributed by atoms with Crippen LogP contribution in [0.25, 0.3) is 10.9 Å². The Balaban J connectivity index is 1.75. The molecule has 6 heteroatoms. The van der Waals surface area contributed by atoms with Gasteiger partial charge in [-0.1, -0.05) is 17.7 Å². The highest BCUT2D eigenvalue weighted by atomic mass is 19.1. The lowest BCUT2D eigenvalue weighted by Gasteiger charge is -2.24. The first-order chi connectivity index (χ1) is 13.5. The lowest BCUT2D eigenvalue weighted by atomic mass is 10.0. The zero-order valence-electron chi connectivity index (χ0n) is 15.8. The third kappa shape index (κ3) is 3.76. The first-order valence-electron chi connectivity index (χ1n) is 9.45. The number of nitrogens with two attached hydrogens (primary N) is 1. The summed E-state index contributed by atoms with van der Waals surface area (Å²) in [6.07, 6.45) is 1.89. The van der Waals surface area contributed by atoms with Crippen molar-refractivity contribution in [1.29, 1.82) is 0 Å². The number of halogens is 1. The van der Waals surface area contributed by atoms with Crippen molar-refractivity contribution < 1.29 is 9.18 Å². The number of primary amides is 1. The van der Waals surface area contributed by atoms with Gasteiger partial charge in [0.15, 0.2) is 0 Å². The molecule has 1 aromatic heterocycles. The SMILES string of the molecule is Cc1ccc2nc(N3CCCc4ccc(F)cc4C3)cc(NCC(N)=O)c2c1. The van der Waals surface area contributed by atoms with E-state index in [0.717, 1.165) is 52.9 Å². The van der Waals surface area contributed by atoms with E-state index in [0.29, 0.717) is 6.54 Å². The van der Waals surface area contributed by atoms with E-state index in [1.165, 1.54) is 11.6 Å². The van der Waals surface area contributed by atoms with E-state index in [1.54, 1.807) is 6.07 Å². The van der Waals surface area contributed by atoms with Crippen LogP contribution in [0.4, 0.5) is 15.9 Å². The van der Waals surface area contributed by atoms with Gasteiger partial charge in [-0.3, -0.25) is 4.79 Å². The summed E-state index contributed by atoms with van der Waals surface area (Å²) in [5.41, 5.74) is 10.3. The predicted octanol–water partition coefficient (Wildman–Crippen LogP) is 3.53. The van der Waals surface area contributed by atoms with Crippen LogP contribution in [0.15, 0.2) is 42.5 Å². The second-order valence-corrected chi connectivity index (χ2v) is 7.31. The molecule has 0 bridgehead atoms. The van der Waals surface area contributed by atoms with Gasteiger partial charge in [0.25, 0.3) is 0 Å². The van der Waals surface area contributed by atoms with E-state index in [9.17, 15) is 9.18 Å². The number of benzene rings is 2. The second-order valence-electron chi connectivity index (χ2n) is 7.31. The highest BCUT2D eigenvalue weighted by molar-refractivity contribution is 5.95. The fourth-order valence-electron chi connectivity index (χ4n) is 3.74. The number of pyridine rings is 1. The normalized spacial score (nSPS) is 13.9. The largest absolute Gasteiger partial charge is 0.376 e. The molecule has 2 heterocycles. The van der Waals surface area contributed by atoms with Gasteiger partial charge in [-0.05, 0) is 55.2 Å². The van der Waals surface area contributed by atoms with Gasteiger partial charge in [-0.25, -0.2) is 9.37 Å².